The standard InChI is InChI=1S/C15H17F2NO5/c16-15(17)22-11-2-1-9(7-12(11)23-15)8-18-5-3-10(4-6-18)13(19)14(20)21/h1-2,7,10,13,19H,3-6,8H2,(H,20,21). The highest BCUT2D eigenvalue weighted by molar-refractivity contribution is 5.72. The zero-order valence-corrected chi connectivity index (χ0v) is 12.2. The largest absolute Gasteiger partial charge is 0.586 e. The first-order valence-corrected chi connectivity index (χ1v) is 7.36. The van der Waals surface area contributed by atoms with Crippen LogP contribution in [0.25, 0.3) is 0 Å². The van der Waals surface area contributed by atoms with Gasteiger partial charge in [-0.05, 0) is 49.5 Å². The van der Waals surface area contributed by atoms with E-state index in [4.69, 9.17) is 5.11 Å². The van der Waals surface area contributed by atoms with Gasteiger partial charge in [-0.1, -0.05) is 6.07 Å². The van der Waals surface area contributed by atoms with Gasteiger partial charge in [0.1, 0.15) is 0 Å². The summed E-state index contributed by atoms with van der Waals surface area (Å²) in [6.45, 7) is 1.82. The highest BCUT2D eigenvalue weighted by atomic mass is 19.3. The molecule has 2 heterocycles. The molecule has 0 amide bonds. The van der Waals surface area contributed by atoms with E-state index in [9.17, 15) is 18.7 Å². The Labute approximate surface area is 131 Å². The number of hydrogen-bond acceptors (Lipinski definition) is 5. The van der Waals surface area contributed by atoms with Crippen LogP contribution in [-0.4, -0.2) is 46.6 Å². The van der Waals surface area contributed by atoms with E-state index in [0.717, 1.165) is 5.56 Å². The molecule has 2 N–H and O–H groups in total. The predicted molar refractivity (Wildman–Crippen MR) is 74.3 cm³/mol. The number of ether oxygens (including phenoxy) is 2. The molecule has 0 spiro atoms. The zero-order chi connectivity index (χ0) is 16.6. The number of piperidine rings is 1. The molecule has 1 aromatic carbocycles. The second-order valence-corrected chi connectivity index (χ2v) is 5.85. The van der Waals surface area contributed by atoms with Crippen molar-refractivity contribution in [3.63, 3.8) is 0 Å². The molecule has 1 atom stereocenters. The fourth-order valence-electron chi connectivity index (χ4n) is 2.98. The molecular weight excluding hydrogens is 312 g/mol. The number of carbonyl (C=O) groups is 1. The zero-order valence-electron chi connectivity index (χ0n) is 12.2. The van der Waals surface area contributed by atoms with Crippen LogP contribution in [0.15, 0.2) is 18.2 Å². The van der Waals surface area contributed by atoms with E-state index >= 15 is 0 Å². The fraction of sp³-hybridized carbons (Fsp3) is 0.533. The molecule has 2 aliphatic rings. The molecular formula is C15H17F2NO5. The third-order valence-corrected chi connectivity index (χ3v) is 4.20. The number of nitrogens with zero attached hydrogens (tertiary/aromatic N) is 1. The van der Waals surface area contributed by atoms with Gasteiger partial charge in [0, 0.05) is 6.54 Å². The third-order valence-electron chi connectivity index (χ3n) is 4.20. The van der Waals surface area contributed by atoms with Crippen molar-refractivity contribution in [3.8, 4) is 11.5 Å². The smallest absolute Gasteiger partial charge is 0.479 e. The van der Waals surface area contributed by atoms with Crippen molar-refractivity contribution in [2.75, 3.05) is 13.1 Å². The molecule has 0 radical (unpaired) electrons. The van der Waals surface area contributed by atoms with E-state index < -0.39 is 18.4 Å². The topological polar surface area (TPSA) is 79.2 Å². The van der Waals surface area contributed by atoms with Crippen LogP contribution < -0.4 is 9.47 Å². The average Bonchev–Trinajstić information content (AvgIpc) is 2.80. The molecule has 0 aliphatic carbocycles. The fourth-order valence-corrected chi connectivity index (χ4v) is 2.98. The van der Waals surface area contributed by atoms with E-state index in [1.54, 1.807) is 6.07 Å². The lowest BCUT2D eigenvalue weighted by molar-refractivity contribution is -0.286. The van der Waals surface area contributed by atoms with Crippen LogP contribution >= 0.6 is 0 Å². The van der Waals surface area contributed by atoms with Crippen molar-refractivity contribution < 1.29 is 33.3 Å². The predicted octanol–water partition coefficient (Wildman–Crippen LogP) is 1.67. The molecule has 6 nitrogen and oxygen atoms in total. The second kappa shape index (κ2) is 5.93. The Balaban J connectivity index is 1.57. The first-order valence-electron chi connectivity index (χ1n) is 7.36. The van der Waals surface area contributed by atoms with Crippen molar-refractivity contribution in [2.45, 2.75) is 31.8 Å². The summed E-state index contributed by atoms with van der Waals surface area (Å²) in [5.74, 6) is -1.41. The van der Waals surface area contributed by atoms with Crippen LogP contribution in [0.1, 0.15) is 18.4 Å². The summed E-state index contributed by atoms with van der Waals surface area (Å²) < 4.78 is 34.7. The molecule has 126 valence electrons. The molecule has 0 saturated carbocycles. The summed E-state index contributed by atoms with van der Waals surface area (Å²) in [5, 5.41) is 18.4. The van der Waals surface area contributed by atoms with Gasteiger partial charge in [0.25, 0.3) is 0 Å². The van der Waals surface area contributed by atoms with Crippen LogP contribution in [0, 0.1) is 5.92 Å². The van der Waals surface area contributed by atoms with Crippen LogP contribution in [0.3, 0.4) is 0 Å². The first kappa shape index (κ1) is 15.9. The Hall–Kier alpha value is -1.93. The number of aliphatic carboxylic acids is 1. The quantitative estimate of drug-likeness (QED) is 0.875. The number of aliphatic hydroxyl groups excluding tert-OH is 1. The van der Waals surface area contributed by atoms with Crippen LogP contribution in [0.5, 0.6) is 11.5 Å². The summed E-state index contributed by atoms with van der Waals surface area (Å²) in [6, 6.07) is 4.67. The Bertz CT molecular complexity index is 602. The first-order chi connectivity index (χ1) is 10.8. The molecule has 8 heteroatoms. The highest BCUT2D eigenvalue weighted by Crippen LogP contribution is 2.41. The Morgan fingerprint density at radius 3 is 2.61 bits per heavy atom. The van der Waals surface area contributed by atoms with Gasteiger partial charge in [-0.3, -0.25) is 4.90 Å². The third kappa shape index (κ3) is 3.53. The maximum Gasteiger partial charge on any atom is 0.586 e. The summed E-state index contributed by atoms with van der Waals surface area (Å²) in [5.41, 5.74) is 0.808. The van der Waals surface area contributed by atoms with Gasteiger partial charge in [0.05, 0.1) is 0 Å². The number of carboxylic acids is 1. The molecule has 1 fully saturated rings. The SMILES string of the molecule is O=C(O)C(O)C1CCN(Cc2ccc3c(c2)OC(F)(F)O3)CC1. The number of likely N-dealkylation sites (tertiary alicyclic amines) is 1. The normalized spacial score (nSPS) is 22.0. The molecule has 1 unspecified atom stereocenters. The lowest BCUT2D eigenvalue weighted by Gasteiger charge is -2.33. The van der Waals surface area contributed by atoms with Crippen molar-refractivity contribution in [1.82, 2.24) is 4.90 Å². The van der Waals surface area contributed by atoms with Gasteiger partial charge in [-0.25, -0.2) is 4.79 Å². The Morgan fingerprint density at radius 2 is 1.96 bits per heavy atom. The summed E-state index contributed by atoms with van der Waals surface area (Å²) in [6.07, 6.45) is -3.79. The minimum Gasteiger partial charge on any atom is -0.479 e. The van der Waals surface area contributed by atoms with Crippen molar-refractivity contribution >= 4 is 5.97 Å². The van der Waals surface area contributed by atoms with Crippen LogP contribution in [0.2, 0.25) is 0 Å². The maximum atomic E-state index is 13.0. The summed E-state index contributed by atoms with van der Waals surface area (Å²) in [7, 11) is 0. The number of hydrogen-bond donors (Lipinski definition) is 2. The van der Waals surface area contributed by atoms with E-state index in [1.165, 1.54) is 12.1 Å². The molecule has 3 rings (SSSR count). The van der Waals surface area contributed by atoms with Gasteiger partial charge in [-0.15, -0.1) is 8.78 Å². The molecule has 1 aromatic rings. The van der Waals surface area contributed by atoms with E-state index in [-0.39, 0.29) is 17.4 Å². The maximum absolute atomic E-state index is 13.0. The van der Waals surface area contributed by atoms with Crippen molar-refractivity contribution in [2.24, 2.45) is 5.92 Å². The van der Waals surface area contributed by atoms with Gasteiger partial charge >= 0.3 is 12.3 Å². The van der Waals surface area contributed by atoms with Crippen LogP contribution in [0.4, 0.5) is 8.78 Å². The lowest BCUT2D eigenvalue weighted by Crippen LogP contribution is -2.40. The van der Waals surface area contributed by atoms with Crippen molar-refractivity contribution in [3.05, 3.63) is 23.8 Å². The number of carboxylic acid groups (broad SMARTS) is 1. The van der Waals surface area contributed by atoms with Crippen LogP contribution in [-0.2, 0) is 11.3 Å². The second-order valence-electron chi connectivity index (χ2n) is 5.85. The van der Waals surface area contributed by atoms with E-state index in [1.807, 2.05) is 0 Å². The molecule has 0 aromatic heterocycles. The van der Waals surface area contributed by atoms with Gasteiger partial charge in [0.15, 0.2) is 17.6 Å². The number of halogens is 2. The summed E-state index contributed by atoms with van der Waals surface area (Å²) >= 11 is 0. The van der Waals surface area contributed by atoms with E-state index in [2.05, 4.69) is 14.4 Å². The monoisotopic (exact) mass is 329 g/mol. The Kier molecular flexibility index (Phi) is 4.11. The van der Waals surface area contributed by atoms with Gasteiger partial charge < -0.3 is 19.7 Å². The van der Waals surface area contributed by atoms with Gasteiger partial charge in [0.2, 0.25) is 0 Å². The Morgan fingerprint density at radius 1 is 1.30 bits per heavy atom. The van der Waals surface area contributed by atoms with Crippen molar-refractivity contribution in [1.29, 1.82) is 0 Å². The molecule has 0 bridgehead atoms. The molecule has 23 heavy (non-hydrogen) atoms. The molecule has 2 aliphatic heterocycles. The average molecular weight is 329 g/mol. The molecule has 1 saturated heterocycles. The number of alkyl halides is 2. The number of aliphatic hydroxyl groups is 1. The summed E-state index contributed by atoms with van der Waals surface area (Å²) in [4.78, 5) is 12.9. The van der Waals surface area contributed by atoms with E-state index in [0.29, 0.717) is 32.5 Å². The minimum atomic E-state index is -3.62. The number of rotatable bonds is 4. The lowest BCUT2D eigenvalue weighted by atomic mass is 9.91. The minimum absolute atomic E-state index is 0.0158. The number of benzene rings is 1. The van der Waals surface area contributed by atoms with Gasteiger partial charge in [-0.2, -0.15) is 0 Å². The number of fused-ring (bicyclic) bond motifs is 1. The highest BCUT2D eigenvalue weighted by Gasteiger charge is 2.43.